The smallest absolute Gasteiger partial charge is 0.245 e. The topological polar surface area (TPSA) is 127 Å². The van der Waals surface area contributed by atoms with E-state index in [0.29, 0.717) is 42.7 Å². The number of nitrogens with zero attached hydrogens (tertiary/aromatic N) is 5. The zero-order chi connectivity index (χ0) is 30.5. The molecule has 2 bridgehead atoms. The average Bonchev–Trinajstić information content (AvgIpc) is 3.39. The molecule has 10 heteroatoms. The van der Waals surface area contributed by atoms with E-state index in [4.69, 9.17) is 5.10 Å². The summed E-state index contributed by atoms with van der Waals surface area (Å²) in [5, 5.41) is 8.55. The fraction of sp³-hybridized carbons (Fsp3) is 0.545. The number of nitrogens with one attached hydrogen (secondary N) is 1. The van der Waals surface area contributed by atoms with Crippen molar-refractivity contribution in [3.8, 4) is 11.1 Å². The van der Waals surface area contributed by atoms with E-state index in [9.17, 15) is 19.2 Å². The minimum Gasteiger partial charge on any atom is -0.355 e. The van der Waals surface area contributed by atoms with Gasteiger partial charge in [-0.25, -0.2) is 9.97 Å². The predicted octanol–water partition coefficient (Wildman–Crippen LogP) is 4.21. The van der Waals surface area contributed by atoms with Crippen LogP contribution in [0.3, 0.4) is 0 Å². The van der Waals surface area contributed by atoms with Gasteiger partial charge in [0.05, 0.1) is 11.6 Å². The van der Waals surface area contributed by atoms with E-state index in [0.717, 1.165) is 54.3 Å². The molecule has 6 rings (SSSR count). The Balaban J connectivity index is 1.45. The van der Waals surface area contributed by atoms with E-state index in [-0.39, 0.29) is 47.3 Å². The number of ketones is 2. The van der Waals surface area contributed by atoms with Crippen LogP contribution in [0.15, 0.2) is 24.5 Å². The number of hydrogen-bond donors (Lipinski definition) is 1. The van der Waals surface area contributed by atoms with Crippen molar-refractivity contribution in [2.75, 3.05) is 6.54 Å². The number of hydrogen-bond acceptors (Lipinski definition) is 7. The molecule has 2 amide bonds. The Kier molecular flexibility index (Phi) is 7.64. The van der Waals surface area contributed by atoms with E-state index in [2.05, 4.69) is 28.3 Å². The summed E-state index contributed by atoms with van der Waals surface area (Å²) in [4.78, 5) is 63.3. The first kappa shape index (κ1) is 29.1. The highest BCUT2D eigenvalue weighted by Gasteiger charge is 2.66. The molecule has 2 aromatic heterocycles. The first-order chi connectivity index (χ1) is 20.6. The van der Waals surface area contributed by atoms with E-state index in [1.54, 1.807) is 22.0 Å². The summed E-state index contributed by atoms with van der Waals surface area (Å²) in [6, 6.07) is 3.45. The van der Waals surface area contributed by atoms with E-state index in [1.165, 1.54) is 6.92 Å². The van der Waals surface area contributed by atoms with Gasteiger partial charge in [0.15, 0.2) is 11.6 Å². The van der Waals surface area contributed by atoms with Crippen LogP contribution in [0.25, 0.3) is 22.0 Å². The Morgan fingerprint density at radius 3 is 2.58 bits per heavy atom. The summed E-state index contributed by atoms with van der Waals surface area (Å²) < 4.78 is 1.68. The van der Waals surface area contributed by atoms with Gasteiger partial charge in [-0.3, -0.25) is 23.9 Å². The fourth-order valence-electron chi connectivity index (χ4n) is 7.22. The Morgan fingerprint density at radius 1 is 1.09 bits per heavy atom. The van der Waals surface area contributed by atoms with Gasteiger partial charge in [0.1, 0.15) is 18.1 Å². The summed E-state index contributed by atoms with van der Waals surface area (Å²) in [5.74, 6) is 0.634. The van der Waals surface area contributed by atoms with Gasteiger partial charge in [0.25, 0.3) is 0 Å². The zero-order valence-electron chi connectivity index (χ0n) is 25.5. The normalized spacial score (nSPS) is 26.1. The Labute approximate surface area is 251 Å². The third-order valence-electron chi connectivity index (χ3n) is 9.65. The molecule has 43 heavy (non-hydrogen) atoms. The molecule has 1 N–H and O–H groups in total. The first-order valence-corrected chi connectivity index (χ1v) is 15.5. The molecule has 3 aromatic rings. The molecule has 1 saturated carbocycles. The highest BCUT2D eigenvalue weighted by molar-refractivity contribution is 6.07. The van der Waals surface area contributed by atoms with Crippen molar-refractivity contribution in [1.82, 2.24) is 30.0 Å². The molecular formula is C33H40N6O4. The number of Topliss-reactive ketones (excluding diaryl/α,β-unsaturated/α-hetero) is 2. The van der Waals surface area contributed by atoms with E-state index in [1.807, 2.05) is 19.9 Å². The second-order valence-electron chi connectivity index (χ2n) is 12.9. The predicted molar refractivity (Wildman–Crippen MR) is 161 cm³/mol. The summed E-state index contributed by atoms with van der Waals surface area (Å²) >= 11 is 0. The SMILES string of the molecule is CCC(=O)[C@@H]1C[C@]23CNC(=O)C[C@@H](C)CCCCc4cc(-c5cnc(C)nc5)cc5c(C(C)=O)nn(c45)CC(=O)N1[C@@H]2C3. The molecule has 0 unspecified atom stereocenters. The number of aromatic nitrogens is 4. The summed E-state index contributed by atoms with van der Waals surface area (Å²) in [7, 11) is 0. The number of piperidine rings is 1. The molecule has 2 fully saturated rings. The number of rotatable bonds is 4. The highest BCUT2D eigenvalue weighted by atomic mass is 16.2. The Morgan fingerprint density at radius 2 is 1.86 bits per heavy atom. The number of benzene rings is 1. The van der Waals surface area contributed by atoms with Crippen LogP contribution in [0.5, 0.6) is 0 Å². The largest absolute Gasteiger partial charge is 0.355 e. The minimum absolute atomic E-state index is 0.0339. The lowest BCUT2D eigenvalue weighted by Crippen LogP contribution is -2.44. The van der Waals surface area contributed by atoms with Gasteiger partial charge in [0, 0.05) is 61.1 Å². The lowest BCUT2D eigenvalue weighted by Gasteiger charge is -2.26. The van der Waals surface area contributed by atoms with E-state index < -0.39 is 6.04 Å². The Hall–Kier alpha value is -3.95. The van der Waals surface area contributed by atoms with Crippen LogP contribution in [-0.4, -0.2) is 66.7 Å². The molecule has 226 valence electrons. The van der Waals surface area contributed by atoms with Crippen molar-refractivity contribution < 1.29 is 19.2 Å². The molecular weight excluding hydrogens is 544 g/mol. The molecule has 1 saturated heterocycles. The van der Waals surface area contributed by atoms with Gasteiger partial charge in [0.2, 0.25) is 11.8 Å². The number of amides is 2. The van der Waals surface area contributed by atoms with Gasteiger partial charge in [-0.05, 0) is 61.8 Å². The van der Waals surface area contributed by atoms with Gasteiger partial charge < -0.3 is 10.2 Å². The van der Waals surface area contributed by atoms with Crippen LogP contribution < -0.4 is 5.32 Å². The molecule has 3 aliphatic rings. The van der Waals surface area contributed by atoms with Crippen LogP contribution in [-0.2, 0) is 27.3 Å². The second-order valence-corrected chi connectivity index (χ2v) is 12.9. The zero-order valence-corrected chi connectivity index (χ0v) is 25.5. The minimum atomic E-state index is -0.507. The number of carbonyl (C=O) groups excluding carboxylic acids is 4. The maximum atomic E-state index is 14.1. The van der Waals surface area contributed by atoms with Crippen LogP contribution in [0.2, 0.25) is 0 Å². The molecule has 4 heterocycles. The van der Waals surface area contributed by atoms with Crippen LogP contribution >= 0.6 is 0 Å². The highest BCUT2D eigenvalue weighted by Crippen LogP contribution is 2.59. The van der Waals surface area contributed by atoms with Gasteiger partial charge in [-0.15, -0.1) is 0 Å². The second kappa shape index (κ2) is 11.3. The lowest BCUT2D eigenvalue weighted by atomic mass is 9.94. The van der Waals surface area contributed by atoms with Gasteiger partial charge in [-0.2, -0.15) is 5.10 Å². The van der Waals surface area contributed by atoms with Gasteiger partial charge in [-0.1, -0.05) is 26.7 Å². The molecule has 2 aliphatic heterocycles. The van der Waals surface area contributed by atoms with Crippen LogP contribution in [0, 0.1) is 18.3 Å². The van der Waals surface area contributed by atoms with Crippen molar-refractivity contribution in [3.05, 3.63) is 41.6 Å². The van der Waals surface area contributed by atoms with Gasteiger partial charge >= 0.3 is 0 Å². The van der Waals surface area contributed by atoms with Crippen molar-refractivity contribution in [2.45, 2.75) is 97.7 Å². The van der Waals surface area contributed by atoms with Crippen LogP contribution in [0.4, 0.5) is 0 Å². The Bertz CT molecular complexity index is 1610. The molecule has 1 aliphatic carbocycles. The molecule has 10 nitrogen and oxygen atoms in total. The first-order valence-electron chi connectivity index (χ1n) is 15.5. The third-order valence-corrected chi connectivity index (χ3v) is 9.65. The van der Waals surface area contributed by atoms with Crippen molar-refractivity contribution in [1.29, 1.82) is 0 Å². The standard InChI is InChI=1S/C33H40N6O4/c1-5-27(41)26-13-33-14-28(33)39(26)30(43)17-38-32-22(9-7-6-8-19(2)10-29(42)36-18-33)11-23(24-15-34-21(4)35-16-24)12-25(32)31(37-38)20(3)40/h11-12,15-16,19,26,28H,5-10,13-14,17-18H2,1-4H3,(H,36,42)/t19-,26-,28+,33-/m0/s1. The molecule has 0 radical (unpaired) electrons. The quantitative estimate of drug-likeness (QED) is 0.455. The van der Waals surface area contributed by atoms with Crippen LogP contribution in [0.1, 0.15) is 87.6 Å². The van der Waals surface area contributed by atoms with Crippen molar-refractivity contribution in [2.24, 2.45) is 11.3 Å². The average molecular weight is 585 g/mol. The molecule has 0 spiro atoms. The maximum Gasteiger partial charge on any atom is 0.245 e. The summed E-state index contributed by atoms with van der Waals surface area (Å²) in [6.07, 6.45) is 9.18. The van der Waals surface area contributed by atoms with Crippen molar-refractivity contribution >= 4 is 34.3 Å². The maximum absolute atomic E-state index is 14.1. The number of aryl methyl sites for hydroxylation is 2. The molecule has 4 atom stereocenters. The summed E-state index contributed by atoms with van der Waals surface area (Å²) in [5.41, 5.74) is 3.58. The monoisotopic (exact) mass is 584 g/mol. The van der Waals surface area contributed by atoms with Crippen molar-refractivity contribution in [3.63, 3.8) is 0 Å². The fourth-order valence-corrected chi connectivity index (χ4v) is 7.22. The summed E-state index contributed by atoms with van der Waals surface area (Å²) in [6.45, 7) is 7.69. The van der Waals surface area contributed by atoms with E-state index >= 15 is 0 Å². The molecule has 1 aromatic carbocycles. The number of carbonyl (C=O) groups is 4. The third kappa shape index (κ3) is 5.47. The lowest BCUT2D eigenvalue weighted by molar-refractivity contribution is -0.139.